The summed E-state index contributed by atoms with van der Waals surface area (Å²) in [4.78, 5) is 1.92. The molecule has 0 atom stereocenters. The van der Waals surface area contributed by atoms with Crippen LogP contribution < -0.4 is 5.73 Å². The Balaban J connectivity index is 2.37. The van der Waals surface area contributed by atoms with E-state index in [0.717, 1.165) is 21.0 Å². The van der Waals surface area contributed by atoms with Gasteiger partial charge in [-0.3, -0.25) is 0 Å². The third-order valence-corrected chi connectivity index (χ3v) is 3.56. The fraction of sp³-hybridized carbons (Fsp3) is 0.0714. The van der Waals surface area contributed by atoms with Gasteiger partial charge in [0.2, 0.25) is 0 Å². The molecule has 0 saturated heterocycles. The molecule has 0 saturated carbocycles. The van der Waals surface area contributed by atoms with Crippen molar-refractivity contribution < 1.29 is 0 Å². The summed E-state index contributed by atoms with van der Waals surface area (Å²) in [7, 11) is 0. The fourth-order valence-electron chi connectivity index (χ4n) is 1.51. The van der Waals surface area contributed by atoms with Gasteiger partial charge in [0.15, 0.2) is 0 Å². The number of rotatable bonds is 2. The summed E-state index contributed by atoms with van der Waals surface area (Å²) in [5.41, 5.74) is 8.41. The Bertz CT molecular complexity index is 585. The third kappa shape index (κ3) is 2.61. The van der Waals surface area contributed by atoms with Gasteiger partial charge >= 0.3 is 0 Å². The minimum absolute atomic E-state index is 0.693. The Morgan fingerprint density at radius 1 is 1.12 bits per heavy atom. The second-order valence-corrected chi connectivity index (χ2v) is 4.84. The number of aryl methyl sites for hydroxylation is 1. The predicted molar refractivity (Wildman–Crippen MR) is 70.9 cm³/mol. The van der Waals surface area contributed by atoms with Crippen LogP contribution in [0, 0.1) is 18.3 Å². The Hall–Kier alpha value is -1.92. The van der Waals surface area contributed by atoms with Gasteiger partial charge in [0.25, 0.3) is 0 Å². The van der Waals surface area contributed by atoms with Crippen LogP contribution >= 0.6 is 11.8 Å². The first-order valence-corrected chi connectivity index (χ1v) is 6.05. The number of hydrogen-bond donors (Lipinski definition) is 1. The van der Waals surface area contributed by atoms with Crippen molar-refractivity contribution in [1.29, 1.82) is 5.26 Å². The summed E-state index contributed by atoms with van der Waals surface area (Å²) in [6.07, 6.45) is 0. The Labute approximate surface area is 105 Å². The van der Waals surface area contributed by atoms with E-state index in [4.69, 9.17) is 11.0 Å². The van der Waals surface area contributed by atoms with E-state index in [1.54, 1.807) is 0 Å². The zero-order valence-corrected chi connectivity index (χ0v) is 10.3. The number of nitrogen functional groups attached to an aromatic ring is 1. The average molecular weight is 240 g/mol. The van der Waals surface area contributed by atoms with Gasteiger partial charge in [0.1, 0.15) is 6.07 Å². The molecule has 0 unspecified atom stereocenters. The van der Waals surface area contributed by atoms with Crippen LogP contribution in [-0.2, 0) is 0 Å². The monoisotopic (exact) mass is 240 g/mol. The first-order chi connectivity index (χ1) is 8.20. The molecule has 3 heteroatoms. The average Bonchev–Trinajstić information content (AvgIpc) is 2.34. The summed E-state index contributed by atoms with van der Waals surface area (Å²) in [5.74, 6) is 0. The number of nitrogens with zero attached hydrogens (tertiary/aromatic N) is 1. The molecule has 0 fully saturated rings. The lowest BCUT2D eigenvalue weighted by molar-refractivity contribution is 1.31. The van der Waals surface area contributed by atoms with Gasteiger partial charge in [0.05, 0.1) is 5.56 Å². The standard InChI is InChI=1S/C14H12N2S/c1-10-6-7-13(11(8-10)9-15)17-14-5-3-2-4-12(14)16/h2-8H,16H2,1H3. The molecule has 2 aromatic rings. The highest BCUT2D eigenvalue weighted by Crippen LogP contribution is 2.33. The van der Waals surface area contributed by atoms with Gasteiger partial charge < -0.3 is 5.73 Å². The van der Waals surface area contributed by atoms with Crippen molar-refractivity contribution in [3.8, 4) is 6.07 Å². The molecule has 2 aromatic carbocycles. The predicted octanol–water partition coefficient (Wildman–Crippen LogP) is 3.60. The third-order valence-electron chi connectivity index (χ3n) is 2.39. The van der Waals surface area contributed by atoms with Crippen LogP contribution in [0.3, 0.4) is 0 Å². The number of anilines is 1. The van der Waals surface area contributed by atoms with Crippen LogP contribution in [-0.4, -0.2) is 0 Å². The van der Waals surface area contributed by atoms with Crippen molar-refractivity contribution in [2.75, 3.05) is 5.73 Å². The van der Waals surface area contributed by atoms with E-state index >= 15 is 0 Å². The van der Waals surface area contributed by atoms with Crippen molar-refractivity contribution in [3.63, 3.8) is 0 Å². The van der Waals surface area contributed by atoms with Gasteiger partial charge in [-0.25, -0.2) is 0 Å². The molecule has 0 bridgehead atoms. The summed E-state index contributed by atoms with van der Waals surface area (Å²) in [6.45, 7) is 1.98. The summed E-state index contributed by atoms with van der Waals surface area (Å²) >= 11 is 1.53. The van der Waals surface area contributed by atoms with Crippen LogP contribution in [0.1, 0.15) is 11.1 Å². The minimum Gasteiger partial charge on any atom is -0.398 e. The molecule has 17 heavy (non-hydrogen) atoms. The smallest absolute Gasteiger partial charge is 0.100 e. The van der Waals surface area contributed by atoms with Crippen molar-refractivity contribution >= 4 is 17.4 Å². The topological polar surface area (TPSA) is 49.8 Å². The molecule has 2 nitrogen and oxygen atoms in total. The zero-order valence-electron chi connectivity index (χ0n) is 9.47. The lowest BCUT2D eigenvalue weighted by atomic mass is 10.2. The van der Waals surface area contributed by atoms with Crippen LogP contribution in [0.25, 0.3) is 0 Å². The maximum atomic E-state index is 9.10. The quantitative estimate of drug-likeness (QED) is 0.816. The fourth-order valence-corrected chi connectivity index (χ4v) is 2.43. The van der Waals surface area contributed by atoms with Crippen molar-refractivity contribution in [3.05, 3.63) is 53.6 Å². The summed E-state index contributed by atoms with van der Waals surface area (Å²) < 4.78 is 0. The van der Waals surface area contributed by atoms with E-state index in [9.17, 15) is 0 Å². The SMILES string of the molecule is Cc1ccc(Sc2ccccc2N)c(C#N)c1. The molecule has 0 amide bonds. The van der Waals surface area contributed by atoms with Gasteiger partial charge in [-0.1, -0.05) is 30.0 Å². The van der Waals surface area contributed by atoms with Gasteiger partial charge in [-0.15, -0.1) is 0 Å². The molecule has 0 aliphatic heterocycles. The van der Waals surface area contributed by atoms with Crippen LogP contribution in [0.5, 0.6) is 0 Å². The molecular weight excluding hydrogens is 228 g/mol. The second kappa shape index (κ2) is 4.94. The lowest BCUT2D eigenvalue weighted by Crippen LogP contribution is -1.88. The molecule has 2 N–H and O–H groups in total. The van der Waals surface area contributed by atoms with Crippen molar-refractivity contribution in [2.45, 2.75) is 16.7 Å². The number of nitrogens with two attached hydrogens (primary N) is 1. The minimum atomic E-state index is 0.693. The van der Waals surface area contributed by atoms with E-state index in [0.29, 0.717) is 5.56 Å². The van der Waals surface area contributed by atoms with E-state index in [2.05, 4.69) is 6.07 Å². The number of hydrogen-bond acceptors (Lipinski definition) is 3. The second-order valence-electron chi connectivity index (χ2n) is 3.75. The number of para-hydroxylation sites is 1. The van der Waals surface area contributed by atoms with Crippen LogP contribution in [0.15, 0.2) is 52.3 Å². The maximum absolute atomic E-state index is 9.10. The van der Waals surface area contributed by atoms with Gasteiger partial charge in [0, 0.05) is 15.5 Å². The summed E-state index contributed by atoms with van der Waals surface area (Å²) in [5, 5.41) is 9.10. The summed E-state index contributed by atoms with van der Waals surface area (Å²) in [6, 6.07) is 15.7. The van der Waals surface area contributed by atoms with Gasteiger partial charge in [-0.05, 0) is 36.8 Å². The van der Waals surface area contributed by atoms with Crippen molar-refractivity contribution in [1.82, 2.24) is 0 Å². The largest absolute Gasteiger partial charge is 0.398 e. The lowest BCUT2D eigenvalue weighted by Gasteiger charge is -2.07. The Morgan fingerprint density at radius 3 is 2.59 bits per heavy atom. The van der Waals surface area contributed by atoms with E-state index in [1.165, 1.54) is 11.8 Å². The van der Waals surface area contributed by atoms with E-state index in [-0.39, 0.29) is 0 Å². The molecule has 0 radical (unpaired) electrons. The molecule has 0 heterocycles. The molecule has 84 valence electrons. The Kier molecular flexibility index (Phi) is 3.36. The van der Waals surface area contributed by atoms with Crippen LogP contribution in [0.4, 0.5) is 5.69 Å². The highest BCUT2D eigenvalue weighted by Gasteiger charge is 2.06. The molecule has 0 aliphatic rings. The highest BCUT2D eigenvalue weighted by atomic mass is 32.2. The van der Waals surface area contributed by atoms with Gasteiger partial charge in [-0.2, -0.15) is 5.26 Å². The van der Waals surface area contributed by atoms with E-state index in [1.807, 2.05) is 49.4 Å². The zero-order chi connectivity index (χ0) is 12.3. The number of benzene rings is 2. The first-order valence-electron chi connectivity index (χ1n) is 5.24. The molecular formula is C14H12N2S. The molecule has 2 rings (SSSR count). The molecule has 0 aromatic heterocycles. The normalized spacial score (nSPS) is 9.88. The Morgan fingerprint density at radius 2 is 1.88 bits per heavy atom. The highest BCUT2D eigenvalue weighted by molar-refractivity contribution is 7.99. The molecule has 0 spiro atoms. The first kappa shape index (κ1) is 11.6. The molecule has 0 aliphatic carbocycles. The number of nitriles is 1. The van der Waals surface area contributed by atoms with Crippen LogP contribution in [0.2, 0.25) is 0 Å². The van der Waals surface area contributed by atoms with Crippen molar-refractivity contribution in [2.24, 2.45) is 0 Å². The van der Waals surface area contributed by atoms with E-state index < -0.39 is 0 Å². The maximum Gasteiger partial charge on any atom is 0.100 e.